The predicted octanol–water partition coefficient (Wildman–Crippen LogP) is 1.98. The summed E-state index contributed by atoms with van der Waals surface area (Å²) in [6.07, 6.45) is 5.93. The number of carbonyl (C=O) groups excluding carboxylic acids is 1. The van der Waals surface area contributed by atoms with Crippen LogP contribution in [0.2, 0.25) is 0 Å². The fourth-order valence-corrected chi connectivity index (χ4v) is 3.52. The van der Waals surface area contributed by atoms with E-state index >= 15 is 0 Å². The minimum Gasteiger partial charge on any atom is -0.341 e. The van der Waals surface area contributed by atoms with Gasteiger partial charge in [-0.15, -0.1) is 11.3 Å². The molecule has 0 saturated carbocycles. The van der Waals surface area contributed by atoms with Crippen molar-refractivity contribution in [2.24, 2.45) is 5.92 Å². The van der Waals surface area contributed by atoms with E-state index in [-0.39, 0.29) is 5.91 Å². The van der Waals surface area contributed by atoms with E-state index in [1.807, 2.05) is 31.3 Å². The first-order valence-electron chi connectivity index (χ1n) is 6.80. The van der Waals surface area contributed by atoms with Gasteiger partial charge in [0.25, 0.3) is 5.91 Å². The monoisotopic (exact) mass is 290 g/mol. The Morgan fingerprint density at radius 2 is 2.40 bits per heavy atom. The quantitative estimate of drug-likeness (QED) is 0.868. The number of hydrogen-bond acceptors (Lipinski definition) is 4. The van der Waals surface area contributed by atoms with Crippen molar-refractivity contribution in [3.8, 4) is 0 Å². The van der Waals surface area contributed by atoms with E-state index in [1.165, 1.54) is 11.3 Å². The Labute approximate surface area is 122 Å². The van der Waals surface area contributed by atoms with Crippen molar-refractivity contribution >= 4 is 17.2 Å². The second-order valence-electron chi connectivity index (χ2n) is 5.35. The maximum absolute atomic E-state index is 12.4. The first-order chi connectivity index (χ1) is 9.65. The molecule has 2 aromatic rings. The number of aromatic nitrogens is 3. The Morgan fingerprint density at radius 1 is 1.55 bits per heavy atom. The Hall–Kier alpha value is -1.69. The van der Waals surface area contributed by atoms with Crippen LogP contribution in [0.5, 0.6) is 0 Å². The molecule has 6 heteroatoms. The third kappa shape index (κ3) is 2.47. The second kappa shape index (κ2) is 5.36. The Morgan fingerprint density at radius 3 is 3.15 bits per heavy atom. The molecule has 3 rings (SSSR count). The van der Waals surface area contributed by atoms with E-state index in [0.717, 1.165) is 42.3 Å². The molecule has 0 unspecified atom stereocenters. The van der Waals surface area contributed by atoms with Crippen LogP contribution in [0.25, 0.3) is 0 Å². The van der Waals surface area contributed by atoms with Gasteiger partial charge in [0.15, 0.2) is 0 Å². The van der Waals surface area contributed by atoms with E-state index in [4.69, 9.17) is 0 Å². The molecule has 20 heavy (non-hydrogen) atoms. The smallest absolute Gasteiger partial charge is 0.265 e. The molecule has 0 spiro atoms. The number of thiazole rings is 1. The van der Waals surface area contributed by atoms with Crippen molar-refractivity contribution in [2.75, 3.05) is 13.6 Å². The molecule has 1 aliphatic rings. The topological polar surface area (TPSA) is 51.0 Å². The molecular weight excluding hydrogens is 272 g/mol. The molecule has 0 radical (unpaired) electrons. The molecule has 1 atom stereocenters. The van der Waals surface area contributed by atoms with Gasteiger partial charge >= 0.3 is 0 Å². The van der Waals surface area contributed by atoms with Crippen LogP contribution in [-0.2, 0) is 13.0 Å². The highest BCUT2D eigenvalue weighted by atomic mass is 32.1. The van der Waals surface area contributed by atoms with Gasteiger partial charge < -0.3 is 9.47 Å². The van der Waals surface area contributed by atoms with Crippen LogP contribution >= 0.6 is 11.3 Å². The third-order valence-electron chi connectivity index (χ3n) is 3.87. The molecular formula is C14H18N4OS. The van der Waals surface area contributed by atoms with Gasteiger partial charge in [0.05, 0.1) is 11.2 Å². The van der Waals surface area contributed by atoms with Gasteiger partial charge in [-0.1, -0.05) is 0 Å². The summed E-state index contributed by atoms with van der Waals surface area (Å²) in [5.41, 5.74) is 2.56. The van der Waals surface area contributed by atoms with Crippen molar-refractivity contribution < 1.29 is 4.79 Å². The van der Waals surface area contributed by atoms with Crippen molar-refractivity contribution in [1.82, 2.24) is 19.4 Å². The van der Waals surface area contributed by atoms with Crippen molar-refractivity contribution in [3.63, 3.8) is 0 Å². The lowest BCUT2D eigenvalue weighted by Crippen LogP contribution is -2.34. The zero-order valence-electron chi connectivity index (χ0n) is 11.7. The fraction of sp³-hybridized carbons (Fsp3) is 0.500. The van der Waals surface area contributed by atoms with E-state index in [0.29, 0.717) is 5.92 Å². The number of amides is 1. The minimum absolute atomic E-state index is 0.0823. The van der Waals surface area contributed by atoms with Gasteiger partial charge in [-0.2, -0.15) is 0 Å². The molecule has 106 valence electrons. The number of rotatable bonds is 3. The maximum Gasteiger partial charge on any atom is 0.265 e. The standard InChI is InChI=1S/C14H18N4OS/c1-10-13(20-9-16-10)14(19)17(2)8-11-3-5-18-6-4-15-12(18)7-11/h4,6,9,11H,3,5,7-8H2,1-2H3/t11-/m1/s1. The molecule has 0 aliphatic carbocycles. The van der Waals surface area contributed by atoms with E-state index in [2.05, 4.69) is 14.5 Å². The van der Waals surface area contributed by atoms with Crippen LogP contribution in [0.3, 0.4) is 0 Å². The first-order valence-corrected chi connectivity index (χ1v) is 7.68. The second-order valence-corrected chi connectivity index (χ2v) is 6.20. The van der Waals surface area contributed by atoms with Crippen LogP contribution in [-0.4, -0.2) is 38.9 Å². The number of imidazole rings is 1. The van der Waals surface area contributed by atoms with Crippen molar-refractivity contribution in [3.05, 3.63) is 34.3 Å². The number of nitrogens with zero attached hydrogens (tertiary/aromatic N) is 4. The lowest BCUT2D eigenvalue weighted by Gasteiger charge is -2.27. The SMILES string of the molecule is Cc1ncsc1C(=O)N(C)C[C@@H]1CCn2ccnc2C1. The molecule has 2 aromatic heterocycles. The van der Waals surface area contributed by atoms with Crippen LogP contribution in [0.1, 0.15) is 27.6 Å². The number of hydrogen-bond donors (Lipinski definition) is 0. The lowest BCUT2D eigenvalue weighted by molar-refractivity contribution is 0.0768. The summed E-state index contributed by atoms with van der Waals surface area (Å²) < 4.78 is 2.20. The normalized spacial score (nSPS) is 17.8. The largest absolute Gasteiger partial charge is 0.341 e. The van der Waals surface area contributed by atoms with E-state index in [1.54, 1.807) is 5.51 Å². The average molecular weight is 290 g/mol. The van der Waals surface area contributed by atoms with Gasteiger partial charge in [0, 0.05) is 39.0 Å². The van der Waals surface area contributed by atoms with E-state index in [9.17, 15) is 4.79 Å². The third-order valence-corrected chi connectivity index (χ3v) is 4.79. The van der Waals surface area contributed by atoms with Gasteiger partial charge in [-0.3, -0.25) is 4.79 Å². The molecule has 0 fully saturated rings. The summed E-state index contributed by atoms with van der Waals surface area (Å²) in [6.45, 7) is 3.67. The summed E-state index contributed by atoms with van der Waals surface area (Å²) in [7, 11) is 1.88. The highest BCUT2D eigenvalue weighted by Crippen LogP contribution is 2.21. The number of carbonyl (C=O) groups is 1. The molecule has 3 heterocycles. The molecule has 1 amide bonds. The first kappa shape index (κ1) is 13.3. The summed E-state index contributed by atoms with van der Waals surface area (Å²) in [5, 5.41) is 0. The number of fused-ring (bicyclic) bond motifs is 1. The molecule has 0 bridgehead atoms. The van der Waals surface area contributed by atoms with E-state index < -0.39 is 0 Å². The number of aryl methyl sites for hydroxylation is 2. The molecule has 1 aliphatic heterocycles. The Kier molecular flexibility index (Phi) is 3.56. The van der Waals surface area contributed by atoms with Crippen molar-refractivity contribution in [1.29, 1.82) is 0 Å². The van der Waals surface area contributed by atoms with Gasteiger partial charge in [0.1, 0.15) is 10.7 Å². The summed E-state index contributed by atoms with van der Waals surface area (Å²) in [4.78, 5) is 23.5. The Balaban J connectivity index is 1.64. The van der Waals surface area contributed by atoms with Gasteiger partial charge in [-0.25, -0.2) is 9.97 Å². The average Bonchev–Trinajstić information content (AvgIpc) is 3.05. The predicted molar refractivity (Wildman–Crippen MR) is 77.8 cm³/mol. The summed E-state index contributed by atoms with van der Waals surface area (Å²) in [6, 6.07) is 0. The Bertz CT molecular complexity index is 618. The van der Waals surface area contributed by atoms with Crippen LogP contribution < -0.4 is 0 Å². The minimum atomic E-state index is 0.0823. The van der Waals surface area contributed by atoms with Crippen molar-refractivity contribution in [2.45, 2.75) is 26.3 Å². The molecule has 0 N–H and O–H groups in total. The highest BCUT2D eigenvalue weighted by molar-refractivity contribution is 7.11. The molecule has 0 aromatic carbocycles. The molecule has 0 saturated heterocycles. The zero-order valence-corrected chi connectivity index (χ0v) is 12.6. The summed E-state index contributed by atoms with van der Waals surface area (Å²) in [5.74, 6) is 1.71. The van der Waals surface area contributed by atoms with Gasteiger partial charge in [0.2, 0.25) is 0 Å². The van der Waals surface area contributed by atoms with Gasteiger partial charge in [-0.05, 0) is 19.3 Å². The fourth-order valence-electron chi connectivity index (χ4n) is 2.72. The highest BCUT2D eigenvalue weighted by Gasteiger charge is 2.23. The maximum atomic E-state index is 12.4. The van der Waals surface area contributed by atoms with Crippen LogP contribution in [0.15, 0.2) is 17.9 Å². The molecule has 5 nitrogen and oxygen atoms in total. The summed E-state index contributed by atoms with van der Waals surface area (Å²) >= 11 is 1.42. The zero-order chi connectivity index (χ0) is 14.1. The lowest BCUT2D eigenvalue weighted by atomic mass is 9.97. The van der Waals surface area contributed by atoms with Crippen LogP contribution in [0, 0.1) is 12.8 Å². The van der Waals surface area contributed by atoms with Crippen LogP contribution in [0.4, 0.5) is 0 Å².